The molecule has 1 aliphatic rings. The SMILES string of the molecule is CCC1CCC(N(C)c2ccc(F)cc2[C@@H](C)N)CC1. The van der Waals surface area contributed by atoms with Gasteiger partial charge in [-0.1, -0.05) is 13.3 Å². The van der Waals surface area contributed by atoms with Gasteiger partial charge >= 0.3 is 0 Å². The van der Waals surface area contributed by atoms with E-state index in [1.54, 1.807) is 6.07 Å². The molecule has 2 rings (SSSR count). The molecule has 0 radical (unpaired) electrons. The molecule has 3 heteroatoms. The monoisotopic (exact) mass is 278 g/mol. The molecule has 1 aliphatic carbocycles. The Morgan fingerprint density at radius 3 is 2.50 bits per heavy atom. The molecule has 112 valence electrons. The maximum absolute atomic E-state index is 13.4. The molecule has 2 nitrogen and oxygen atoms in total. The summed E-state index contributed by atoms with van der Waals surface area (Å²) in [5, 5.41) is 0. The van der Waals surface area contributed by atoms with Crippen molar-refractivity contribution in [1.29, 1.82) is 0 Å². The molecule has 0 heterocycles. The molecule has 0 saturated heterocycles. The van der Waals surface area contributed by atoms with E-state index < -0.39 is 0 Å². The van der Waals surface area contributed by atoms with Gasteiger partial charge in [-0.2, -0.15) is 0 Å². The number of anilines is 1. The van der Waals surface area contributed by atoms with Gasteiger partial charge in [-0.3, -0.25) is 0 Å². The van der Waals surface area contributed by atoms with Crippen molar-refractivity contribution in [1.82, 2.24) is 0 Å². The van der Waals surface area contributed by atoms with E-state index in [0.717, 1.165) is 17.2 Å². The molecule has 0 aromatic heterocycles. The van der Waals surface area contributed by atoms with Gasteiger partial charge in [0.05, 0.1) is 0 Å². The summed E-state index contributed by atoms with van der Waals surface area (Å²) in [4.78, 5) is 2.31. The second kappa shape index (κ2) is 6.57. The van der Waals surface area contributed by atoms with E-state index >= 15 is 0 Å². The lowest BCUT2D eigenvalue weighted by molar-refractivity contribution is 0.313. The highest BCUT2D eigenvalue weighted by molar-refractivity contribution is 5.55. The van der Waals surface area contributed by atoms with Crippen molar-refractivity contribution in [2.24, 2.45) is 11.7 Å². The van der Waals surface area contributed by atoms with Crippen LogP contribution in [0.25, 0.3) is 0 Å². The van der Waals surface area contributed by atoms with Crippen LogP contribution in [0.3, 0.4) is 0 Å². The maximum atomic E-state index is 13.4. The summed E-state index contributed by atoms with van der Waals surface area (Å²) >= 11 is 0. The summed E-state index contributed by atoms with van der Waals surface area (Å²) < 4.78 is 13.4. The minimum absolute atomic E-state index is 0.143. The van der Waals surface area contributed by atoms with Crippen LogP contribution in [0, 0.1) is 11.7 Å². The predicted molar refractivity (Wildman–Crippen MR) is 83.4 cm³/mol. The molecule has 1 fully saturated rings. The van der Waals surface area contributed by atoms with Gasteiger partial charge in [0.15, 0.2) is 0 Å². The average molecular weight is 278 g/mol. The molecule has 0 bridgehead atoms. The highest BCUT2D eigenvalue weighted by Gasteiger charge is 2.25. The lowest BCUT2D eigenvalue weighted by atomic mass is 9.84. The Morgan fingerprint density at radius 2 is 1.95 bits per heavy atom. The Morgan fingerprint density at radius 1 is 1.30 bits per heavy atom. The Balaban J connectivity index is 2.15. The summed E-state index contributed by atoms with van der Waals surface area (Å²) in [6.07, 6.45) is 6.36. The minimum Gasteiger partial charge on any atom is -0.371 e. The standard InChI is InChI=1S/C17H27FN2/c1-4-13-5-8-15(9-6-13)20(3)17-10-7-14(18)11-16(17)12(2)19/h7,10-13,15H,4-6,8-9,19H2,1-3H3/t12-,13?,15?/m1/s1. The van der Waals surface area contributed by atoms with E-state index in [4.69, 9.17) is 5.73 Å². The molecule has 0 aliphatic heterocycles. The fraction of sp³-hybridized carbons (Fsp3) is 0.647. The number of rotatable bonds is 4. The van der Waals surface area contributed by atoms with Crippen molar-refractivity contribution >= 4 is 5.69 Å². The predicted octanol–water partition coefficient (Wildman–Crippen LogP) is 4.25. The van der Waals surface area contributed by atoms with Crippen LogP contribution in [0.2, 0.25) is 0 Å². The van der Waals surface area contributed by atoms with E-state index in [2.05, 4.69) is 18.9 Å². The van der Waals surface area contributed by atoms with Gasteiger partial charge in [0.2, 0.25) is 0 Å². The first-order chi connectivity index (χ1) is 9.52. The smallest absolute Gasteiger partial charge is 0.123 e. The van der Waals surface area contributed by atoms with Crippen LogP contribution in [-0.4, -0.2) is 13.1 Å². The zero-order valence-corrected chi connectivity index (χ0v) is 12.9. The van der Waals surface area contributed by atoms with E-state index in [9.17, 15) is 4.39 Å². The molecule has 0 spiro atoms. The second-order valence-electron chi connectivity index (χ2n) is 6.19. The molecule has 1 saturated carbocycles. The highest BCUT2D eigenvalue weighted by Crippen LogP contribution is 2.33. The number of benzene rings is 1. The summed E-state index contributed by atoms with van der Waals surface area (Å²) in [7, 11) is 2.12. The lowest BCUT2D eigenvalue weighted by Gasteiger charge is -2.37. The number of hydrogen-bond donors (Lipinski definition) is 1. The second-order valence-corrected chi connectivity index (χ2v) is 6.19. The van der Waals surface area contributed by atoms with E-state index in [0.29, 0.717) is 6.04 Å². The largest absolute Gasteiger partial charge is 0.371 e. The molecule has 2 N–H and O–H groups in total. The van der Waals surface area contributed by atoms with E-state index in [1.165, 1.54) is 38.2 Å². The van der Waals surface area contributed by atoms with E-state index in [1.807, 2.05) is 13.0 Å². The van der Waals surface area contributed by atoms with Crippen molar-refractivity contribution in [2.45, 2.75) is 58.0 Å². The molecule has 0 amide bonds. The van der Waals surface area contributed by atoms with Crippen molar-refractivity contribution in [2.75, 3.05) is 11.9 Å². The van der Waals surface area contributed by atoms with Gasteiger partial charge in [-0.25, -0.2) is 4.39 Å². The zero-order chi connectivity index (χ0) is 14.7. The molecule has 1 aromatic rings. The fourth-order valence-corrected chi connectivity index (χ4v) is 3.35. The average Bonchev–Trinajstić information content (AvgIpc) is 2.46. The molecule has 1 aromatic carbocycles. The fourth-order valence-electron chi connectivity index (χ4n) is 3.35. The molecule has 20 heavy (non-hydrogen) atoms. The first-order valence-corrected chi connectivity index (χ1v) is 7.80. The summed E-state index contributed by atoms with van der Waals surface area (Å²) in [6, 6.07) is 5.40. The molecule has 1 atom stereocenters. The van der Waals surface area contributed by atoms with Gasteiger partial charge in [0.25, 0.3) is 0 Å². The van der Waals surface area contributed by atoms with Crippen LogP contribution in [0.5, 0.6) is 0 Å². The Labute approximate surface area is 122 Å². The summed E-state index contributed by atoms with van der Waals surface area (Å²) in [6.45, 7) is 4.20. The highest BCUT2D eigenvalue weighted by atomic mass is 19.1. The van der Waals surface area contributed by atoms with Gasteiger partial charge in [-0.05, 0) is 62.3 Å². The van der Waals surface area contributed by atoms with Crippen LogP contribution in [0.15, 0.2) is 18.2 Å². The van der Waals surface area contributed by atoms with Crippen molar-refractivity contribution in [3.8, 4) is 0 Å². The van der Waals surface area contributed by atoms with Crippen LogP contribution in [0.4, 0.5) is 10.1 Å². The lowest BCUT2D eigenvalue weighted by Crippen LogP contribution is -2.36. The third-order valence-electron chi connectivity index (χ3n) is 4.80. The molecular weight excluding hydrogens is 251 g/mol. The molecule has 0 unspecified atom stereocenters. The van der Waals surface area contributed by atoms with Gasteiger partial charge in [0, 0.05) is 24.8 Å². The first kappa shape index (κ1) is 15.3. The third kappa shape index (κ3) is 3.32. The van der Waals surface area contributed by atoms with Crippen LogP contribution >= 0.6 is 0 Å². The third-order valence-corrected chi connectivity index (χ3v) is 4.80. The molecular formula is C17H27FN2. The zero-order valence-electron chi connectivity index (χ0n) is 12.9. The van der Waals surface area contributed by atoms with Crippen LogP contribution < -0.4 is 10.6 Å². The van der Waals surface area contributed by atoms with Crippen molar-refractivity contribution in [3.63, 3.8) is 0 Å². The Kier molecular flexibility index (Phi) is 5.03. The Bertz CT molecular complexity index is 437. The minimum atomic E-state index is -0.204. The normalized spacial score (nSPS) is 24.4. The number of halogens is 1. The number of hydrogen-bond acceptors (Lipinski definition) is 2. The topological polar surface area (TPSA) is 29.3 Å². The van der Waals surface area contributed by atoms with Crippen molar-refractivity contribution in [3.05, 3.63) is 29.6 Å². The van der Waals surface area contributed by atoms with Gasteiger partial charge in [-0.15, -0.1) is 0 Å². The van der Waals surface area contributed by atoms with Crippen LogP contribution in [0.1, 0.15) is 57.6 Å². The quantitative estimate of drug-likeness (QED) is 0.892. The number of nitrogens with zero attached hydrogens (tertiary/aromatic N) is 1. The van der Waals surface area contributed by atoms with Gasteiger partial charge in [0.1, 0.15) is 5.82 Å². The number of nitrogens with two attached hydrogens (primary N) is 1. The Hall–Kier alpha value is -1.09. The summed E-state index contributed by atoms with van der Waals surface area (Å²) in [5.41, 5.74) is 7.99. The first-order valence-electron chi connectivity index (χ1n) is 7.80. The summed E-state index contributed by atoms with van der Waals surface area (Å²) in [5.74, 6) is 0.685. The van der Waals surface area contributed by atoms with E-state index in [-0.39, 0.29) is 11.9 Å². The maximum Gasteiger partial charge on any atom is 0.123 e. The van der Waals surface area contributed by atoms with Crippen LogP contribution in [-0.2, 0) is 0 Å². The van der Waals surface area contributed by atoms with Crippen molar-refractivity contribution < 1.29 is 4.39 Å². The van der Waals surface area contributed by atoms with Gasteiger partial charge < -0.3 is 10.6 Å².